The Morgan fingerprint density at radius 3 is 3.15 bits per heavy atom. The van der Waals surface area contributed by atoms with Gasteiger partial charge in [0.2, 0.25) is 0 Å². The monoisotopic (exact) mass is 274 g/mol. The van der Waals surface area contributed by atoms with Gasteiger partial charge in [0, 0.05) is 30.9 Å². The molecule has 1 aliphatic heterocycles. The van der Waals surface area contributed by atoms with Crippen LogP contribution in [0.15, 0.2) is 33.7 Å². The van der Waals surface area contributed by atoms with Crippen molar-refractivity contribution in [1.82, 2.24) is 19.8 Å². The Bertz CT molecular complexity index is 634. The van der Waals surface area contributed by atoms with Crippen molar-refractivity contribution in [1.29, 1.82) is 0 Å². The molecule has 1 saturated heterocycles. The lowest BCUT2D eigenvalue weighted by Gasteiger charge is -2.23. The van der Waals surface area contributed by atoms with Gasteiger partial charge in [-0.25, -0.2) is 4.68 Å². The van der Waals surface area contributed by atoms with Crippen LogP contribution in [-0.2, 0) is 13.1 Å². The third-order valence-electron chi connectivity index (χ3n) is 3.71. The fourth-order valence-corrected chi connectivity index (χ4v) is 2.73. The minimum absolute atomic E-state index is 0.0448. The molecule has 0 spiro atoms. The van der Waals surface area contributed by atoms with E-state index in [0.29, 0.717) is 12.6 Å². The van der Waals surface area contributed by atoms with E-state index in [0.717, 1.165) is 37.4 Å². The lowest BCUT2D eigenvalue weighted by Crippen LogP contribution is -2.36. The molecule has 1 aliphatic rings. The average molecular weight is 274 g/mol. The summed E-state index contributed by atoms with van der Waals surface area (Å²) in [5, 5.41) is 8.17. The number of likely N-dealkylation sites (tertiary alicyclic amines) is 1. The van der Waals surface area contributed by atoms with Crippen LogP contribution in [0, 0.1) is 6.92 Å². The van der Waals surface area contributed by atoms with Crippen LogP contribution < -0.4 is 5.56 Å². The molecule has 0 saturated carbocycles. The summed E-state index contributed by atoms with van der Waals surface area (Å²) in [6.07, 6.45) is 3.88. The van der Waals surface area contributed by atoms with Crippen LogP contribution in [0.1, 0.15) is 24.3 Å². The normalized spacial score (nSPS) is 19.6. The predicted octanol–water partition coefficient (Wildman–Crippen LogP) is 1.20. The third kappa shape index (κ3) is 2.80. The van der Waals surface area contributed by atoms with Crippen molar-refractivity contribution in [3.63, 3.8) is 0 Å². The van der Waals surface area contributed by atoms with Gasteiger partial charge >= 0.3 is 0 Å². The molecule has 1 fully saturated rings. The molecule has 0 amide bonds. The Labute approximate surface area is 117 Å². The summed E-state index contributed by atoms with van der Waals surface area (Å²) in [6.45, 7) is 4.32. The van der Waals surface area contributed by atoms with Crippen molar-refractivity contribution in [3.05, 3.63) is 46.2 Å². The Hall–Kier alpha value is -1.95. The molecule has 0 N–H and O–H groups in total. The molecular formula is C14H18N4O2. The lowest BCUT2D eigenvalue weighted by molar-refractivity contribution is 0.211. The second-order valence-electron chi connectivity index (χ2n) is 5.24. The minimum Gasteiger partial charge on any atom is -0.361 e. The summed E-state index contributed by atoms with van der Waals surface area (Å²) < 4.78 is 6.64. The van der Waals surface area contributed by atoms with Gasteiger partial charge in [-0.1, -0.05) is 5.16 Å². The zero-order chi connectivity index (χ0) is 13.9. The van der Waals surface area contributed by atoms with E-state index in [-0.39, 0.29) is 5.56 Å². The number of hydrogen-bond acceptors (Lipinski definition) is 5. The Balaban J connectivity index is 1.69. The van der Waals surface area contributed by atoms with Crippen LogP contribution >= 0.6 is 0 Å². The molecule has 20 heavy (non-hydrogen) atoms. The summed E-state index contributed by atoms with van der Waals surface area (Å²) in [4.78, 5) is 14.1. The van der Waals surface area contributed by atoms with Crippen molar-refractivity contribution in [2.75, 3.05) is 6.54 Å². The van der Waals surface area contributed by atoms with Crippen molar-refractivity contribution >= 4 is 0 Å². The molecule has 0 radical (unpaired) electrons. The predicted molar refractivity (Wildman–Crippen MR) is 73.2 cm³/mol. The maximum Gasteiger partial charge on any atom is 0.266 e. The molecular weight excluding hydrogens is 256 g/mol. The molecule has 0 aliphatic carbocycles. The van der Waals surface area contributed by atoms with Crippen LogP contribution in [0.2, 0.25) is 0 Å². The van der Waals surface area contributed by atoms with E-state index in [2.05, 4.69) is 15.2 Å². The first-order valence-corrected chi connectivity index (χ1v) is 6.91. The van der Waals surface area contributed by atoms with E-state index in [4.69, 9.17) is 4.52 Å². The SMILES string of the molecule is Cc1cc(CN2CCCC2Cn2ncccc2=O)no1. The van der Waals surface area contributed by atoms with Gasteiger partial charge in [-0.2, -0.15) is 5.10 Å². The topological polar surface area (TPSA) is 64.2 Å². The van der Waals surface area contributed by atoms with Crippen LogP contribution in [0.25, 0.3) is 0 Å². The average Bonchev–Trinajstić information content (AvgIpc) is 3.03. The highest BCUT2D eigenvalue weighted by molar-refractivity contribution is 5.04. The smallest absolute Gasteiger partial charge is 0.266 e. The third-order valence-corrected chi connectivity index (χ3v) is 3.71. The number of aromatic nitrogens is 3. The number of aryl methyl sites for hydroxylation is 1. The standard InChI is InChI=1S/C14H18N4O2/c1-11-8-12(16-20-11)9-17-7-3-4-13(17)10-18-14(19)5-2-6-15-18/h2,5-6,8,13H,3-4,7,9-10H2,1H3. The molecule has 6 heteroatoms. The maximum atomic E-state index is 11.7. The van der Waals surface area contributed by atoms with Gasteiger partial charge in [0.1, 0.15) is 5.76 Å². The van der Waals surface area contributed by atoms with Crippen LogP contribution in [0.3, 0.4) is 0 Å². The molecule has 0 aromatic carbocycles. The highest BCUT2D eigenvalue weighted by Crippen LogP contribution is 2.20. The van der Waals surface area contributed by atoms with Crippen LogP contribution in [0.4, 0.5) is 0 Å². The Kier molecular flexibility index (Phi) is 3.64. The van der Waals surface area contributed by atoms with Crippen molar-refractivity contribution < 1.29 is 4.52 Å². The number of nitrogens with zero attached hydrogens (tertiary/aromatic N) is 4. The van der Waals surface area contributed by atoms with Gasteiger partial charge in [0.05, 0.1) is 12.2 Å². The first kappa shape index (κ1) is 13.1. The van der Waals surface area contributed by atoms with E-state index in [1.165, 1.54) is 4.68 Å². The Morgan fingerprint density at radius 1 is 1.50 bits per heavy atom. The second kappa shape index (κ2) is 5.58. The minimum atomic E-state index is -0.0448. The first-order chi connectivity index (χ1) is 9.72. The van der Waals surface area contributed by atoms with E-state index in [1.54, 1.807) is 18.3 Å². The number of hydrogen-bond donors (Lipinski definition) is 0. The highest BCUT2D eigenvalue weighted by Gasteiger charge is 2.26. The van der Waals surface area contributed by atoms with E-state index < -0.39 is 0 Å². The number of rotatable bonds is 4. The van der Waals surface area contributed by atoms with E-state index in [9.17, 15) is 4.79 Å². The fraction of sp³-hybridized carbons (Fsp3) is 0.500. The molecule has 3 heterocycles. The summed E-state index contributed by atoms with van der Waals surface area (Å²) in [7, 11) is 0. The fourth-order valence-electron chi connectivity index (χ4n) is 2.73. The summed E-state index contributed by atoms with van der Waals surface area (Å²) in [5.74, 6) is 0.830. The zero-order valence-corrected chi connectivity index (χ0v) is 11.5. The van der Waals surface area contributed by atoms with Gasteiger partial charge in [0.15, 0.2) is 0 Å². The molecule has 0 bridgehead atoms. The molecule has 3 rings (SSSR count). The van der Waals surface area contributed by atoms with Gasteiger partial charge in [0.25, 0.3) is 5.56 Å². The van der Waals surface area contributed by atoms with Gasteiger partial charge < -0.3 is 4.52 Å². The molecule has 1 unspecified atom stereocenters. The summed E-state index contributed by atoms with van der Waals surface area (Å²) in [5.41, 5.74) is 0.902. The second-order valence-corrected chi connectivity index (χ2v) is 5.24. The van der Waals surface area contributed by atoms with Crippen molar-refractivity contribution in [2.24, 2.45) is 0 Å². The Morgan fingerprint density at radius 2 is 2.40 bits per heavy atom. The summed E-state index contributed by atoms with van der Waals surface area (Å²) in [6, 6.07) is 5.51. The lowest BCUT2D eigenvalue weighted by atomic mass is 10.2. The van der Waals surface area contributed by atoms with Crippen molar-refractivity contribution in [3.8, 4) is 0 Å². The molecule has 2 aromatic heterocycles. The zero-order valence-electron chi connectivity index (χ0n) is 11.5. The van der Waals surface area contributed by atoms with Crippen LogP contribution in [-0.4, -0.2) is 32.4 Å². The van der Waals surface area contributed by atoms with Gasteiger partial charge in [-0.15, -0.1) is 0 Å². The molecule has 6 nitrogen and oxygen atoms in total. The van der Waals surface area contributed by atoms with Crippen molar-refractivity contribution in [2.45, 2.75) is 38.9 Å². The molecule has 1 atom stereocenters. The quantitative estimate of drug-likeness (QED) is 0.838. The van der Waals surface area contributed by atoms with E-state index in [1.807, 2.05) is 13.0 Å². The summed E-state index contributed by atoms with van der Waals surface area (Å²) >= 11 is 0. The van der Waals surface area contributed by atoms with Gasteiger partial charge in [-0.3, -0.25) is 9.69 Å². The molecule has 106 valence electrons. The van der Waals surface area contributed by atoms with E-state index >= 15 is 0 Å². The van der Waals surface area contributed by atoms with Crippen LogP contribution in [0.5, 0.6) is 0 Å². The maximum absolute atomic E-state index is 11.7. The largest absolute Gasteiger partial charge is 0.361 e. The molecule has 2 aromatic rings. The van der Waals surface area contributed by atoms with Gasteiger partial charge in [-0.05, 0) is 32.4 Å². The highest BCUT2D eigenvalue weighted by atomic mass is 16.5. The first-order valence-electron chi connectivity index (χ1n) is 6.91.